The number of carboxylic acid groups (broad SMARTS) is 1. The van der Waals surface area contributed by atoms with Crippen molar-refractivity contribution in [2.24, 2.45) is 0 Å². The van der Waals surface area contributed by atoms with Gasteiger partial charge in [-0.15, -0.1) is 0 Å². The number of hydrogen-bond acceptors (Lipinski definition) is 4. The number of nitrogens with zero attached hydrogens (tertiary/aromatic N) is 1. The van der Waals surface area contributed by atoms with Gasteiger partial charge in [0.15, 0.2) is 0 Å². The van der Waals surface area contributed by atoms with Crippen molar-refractivity contribution < 1.29 is 23.3 Å². The number of nitrogens with one attached hydrogen (secondary N) is 1. The third kappa shape index (κ3) is 5.56. The van der Waals surface area contributed by atoms with Crippen LogP contribution < -0.4 is 5.32 Å². The zero-order valence-corrected chi connectivity index (χ0v) is 10.9. The number of rotatable bonds is 6. The summed E-state index contributed by atoms with van der Waals surface area (Å²) in [5.41, 5.74) is 0.408. The second-order valence-electron chi connectivity index (χ2n) is 3.85. The zero-order valence-electron chi connectivity index (χ0n) is 10.1. The molecule has 0 aromatic carbocycles. The van der Waals surface area contributed by atoms with Gasteiger partial charge in [-0.1, -0.05) is 0 Å². The van der Waals surface area contributed by atoms with Crippen LogP contribution in [0.15, 0.2) is 18.5 Å². The Labute approximate surface area is 111 Å². The summed E-state index contributed by atoms with van der Waals surface area (Å²) in [5.74, 6) is -2.59. The van der Waals surface area contributed by atoms with E-state index in [0.717, 1.165) is 6.20 Å². The third-order valence-corrected chi connectivity index (χ3v) is 3.48. The van der Waals surface area contributed by atoms with E-state index in [0.29, 0.717) is 5.56 Å². The normalized spacial score (nSPS) is 13.6. The molecule has 2 N–H and O–H groups in total. The van der Waals surface area contributed by atoms with Crippen LogP contribution in [0.1, 0.15) is 12.5 Å². The minimum atomic E-state index is -1.55. The van der Waals surface area contributed by atoms with Crippen LogP contribution in [0, 0.1) is 5.82 Å². The molecule has 1 rings (SSSR count). The summed E-state index contributed by atoms with van der Waals surface area (Å²) in [6.45, 7) is 1.18. The highest BCUT2D eigenvalue weighted by Gasteiger charge is 2.21. The maximum atomic E-state index is 12.9. The molecule has 1 aromatic heterocycles. The molecule has 1 aromatic rings. The lowest BCUT2D eigenvalue weighted by atomic mass is 10.3. The molecule has 0 saturated heterocycles. The van der Waals surface area contributed by atoms with Crippen LogP contribution >= 0.6 is 0 Å². The van der Waals surface area contributed by atoms with Crippen LogP contribution in [0.4, 0.5) is 4.39 Å². The van der Waals surface area contributed by atoms with Crippen LogP contribution in [-0.4, -0.2) is 38.0 Å². The zero-order chi connectivity index (χ0) is 14.4. The molecule has 19 heavy (non-hydrogen) atoms. The first-order chi connectivity index (χ1) is 8.88. The Morgan fingerprint density at radius 1 is 1.53 bits per heavy atom. The number of pyridine rings is 1. The summed E-state index contributed by atoms with van der Waals surface area (Å²) in [6, 6.07) is -0.0427. The summed E-state index contributed by atoms with van der Waals surface area (Å²) in [5, 5.41) is 11.0. The summed E-state index contributed by atoms with van der Waals surface area (Å²) in [4.78, 5) is 25.3. The van der Waals surface area contributed by atoms with Gasteiger partial charge >= 0.3 is 5.97 Å². The number of carbonyl (C=O) groups is 2. The molecule has 2 unspecified atom stereocenters. The molecular weight excluding hydrogens is 275 g/mol. The average molecular weight is 288 g/mol. The van der Waals surface area contributed by atoms with Gasteiger partial charge in [-0.3, -0.25) is 14.0 Å². The van der Waals surface area contributed by atoms with Crippen molar-refractivity contribution in [3.63, 3.8) is 0 Å². The largest absolute Gasteiger partial charge is 0.480 e. The lowest BCUT2D eigenvalue weighted by molar-refractivity contribution is -0.140. The van der Waals surface area contributed by atoms with Crippen LogP contribution in [-0.2, 0) is 26.1 Å². The van der Waals surface area contributed by atoms with E-state index in [-0.39, 0.29) is 11.5 Å². The molecule has 104 valence electrons. The van der Waals surface area contributed by atoms with E-state index in [1.54, 1.807) is 0 Å². The van der Waals surface area contributed by atoms with Gasteiger partial charge in [-0.25, -0.2) is 9.18 Å². The summed E-state index contributed by atoms with van der Waals surface area (Å²) >= 11 is 0. The van der Waals surface area contributed by atoms with E-state index in [9.17, 15) is 18.2 Å². The molecule has 0 fully saturated rings. The maximum Gasteiger partial charge on any atom is 0.327 e. The fraction of sp³-hybridized carbons (Fsp3) is 0.364. The lowest BCUT2D eigenvalue weighted by Gasteiger charge is -2.12. The van der Waals surface area contributed by atoms with E-state index in [4.69, 9.17) is 5.11 Å². The minimum Gasteiger partial charge on any atom is -0.480 e. The Kier molecular flexibility index (Phi) is 5.56. The highest BCUT2D eigenvalue weighted by molar-refractivity contribution is 7.84. The van der Waals surface area contributed by atoms with Crippen molar-refractivity contribution in [2.45, 2.75) is 18.7 Å². The Morgan fingerprint density at radius 3 is 2.74 bits per heavy atom. The number of hydrogen-bond donors (Lipinski definition) is 2. The first-order valence-electron chi connectivity index (χ1n) is 5.33. The molecule has 0 aliphatic heterocycles. The van der Waals surface area contributed by atoms with Gasteiger partial charge in [0.05, 0.1) is 17.7 Å². The highest BCUT2D eigenvalue weighted by Crippen LogP contribution is 2.05. The molecule has 1 amide bonds. The minimum absolute atomic E-state index is 0.0197. The van der Waals surface area contributed by atoms with E-state index in [2.05, 4.69) is 10.3 Å². The lowest BCUT2D eigenvalue weighted by Crippen LogP contribution is -2.43. The molecule has 0 saturated carbocycles. The number of halogens is 1. The van der Waals surface area contributed by atoms with Crippen molar-refractivity contribution in [3.05, 3.63) is 29.8 Å². The molecule has 6 nitrogen and oxygen atoms in total. The van der Waals surface area contributed by atoms with E-state index < -0.39 is 34.5 Å². The Hall–Kier alpha value is -1.83. The molecule has 1 heterocycles. The second-order valence-corrected chi connectivity index (χ2v) is 5.36. The number of aliphatic carboxylic acids is 1. The monoisotopic (exact) mass is 288 g/mol. The summed E-state index contributed by atoms with van der Waals surface area (Å²) in [7, 11) is -1.55. The van der Waals surface area contributed by atoms with Crippen LogP contribution in [0.25, 0.3) is 0 Å². The average Bonchev–Trinajstić information content (AvgIpc) is 2.27. The quantitative estimate of drug-likeness (QED) is 0.771. The molecule has 0 spiro atoms. The number of carbonyl (C=O) groups excluding carboxylic acids is 1. The molecule has 0 aliphatic rings. The predicted octanol–water partition coefficient (Wildman–Crippen LogP) is 0.0587. The standard InChI is InChI=1S/C11H13FN2O4S/c1-7(15)14-10(11(16)17)6-19(18)5-8-2-9(12)4-13-3-8/h2-4,10H,5-6H2,1H3,(H,14,15)(H,16,17). The molecular formula is C11H13FN2O4S. The molecule has 8 heteroatoms. The van der Waals surface area contributed by atoms with Crippen molar-refractivity contribution in [1.29, 1.82) is 0 Å². The van der Waals surface area contributed by atoms with Crippen LogP contribution in [0.3, 0.4) is 0 Å². The maximum absolute atomic E-state index is 12.9. The van der Waals surface area contributed by atoms with Crippen molar-refractivity contribution >= 4 is 22.7 Å². The van der Waals surface area contributed by atoms with Gasteiger partial charge in [-0.05, 0) is 11.6 Å². The molecule has 0 aliphatic carbocycles. The summed E-state index contributed by atoms with van der Waals surface area (Å²) < 4.78 is 24.6. The van der Waals surface area contributed by atoms with Gasteiger partial charge in [-0.2, -0.15) is 0 Å². The third-order valence-electron chi connectivity index (χ3n) is 2.12. The van der Waals surface area contributed by atoms with Crippen LogP contribution in [0.2, 0.25) is 0 Å². The first-order valence-corrected chi connectivity index (χ1v) is 6.81. The molecule has 2 atom stereocenters. The Bertz CT molecular complexity index is 509. The molecule has 0 bridgehead atoms. The van der Waals surface area contributed by atoms with E-state index in [1.165, 1.54) is 19.2 Å². The van der Waals surface area contributed by atoms with Gasteiger partial charge in [0.1, 0.15) is 11.9 Å². The number of amides is 1. The first kappa shape index (κ1) is 15.2. The van der Waals surface area contributed by atoms with Gasteiger partial charge < -0.3 is 10.4 Å². The van der Waals surface area contributed by atoms with E-state index >= 15 is 0 Å². The highest BCUT2D eigenvalue weighted by atomic mass is 32.2. The Balaban J connectivity index is 2.62. The van der Waals surface area contributed by atoms with E-state index in [1.807, 2.05) is 0 Å². The van der Waals surface area contributed by atoms with Crippen molar-refractivity contribution in [2.75, 3.05) is 5.75 Å². The SMILES string of the molecule is CC(=O)NC(CS(=O)Cc1cncc(F)c1)C(=O)O. The smallest absolute Gasteiger partial charge is 0.327 e. The van der Waals surface area contributed by atoms with Gasteiger partial charge in [0.2, 0.25) is 5.91 Å². The van der Waals surface area contributed by atoms with Gasteiger partial charge in [0, 0.05) is 23.9 Å². The Morgan fingerprint density at radius 2 is 2.21 bits per heavy atom. The van der Waals surface area contributed by atoms with Crippen molar-refractivity contribution in [1.82, 2.24) is 10.3 Å². The predicted molar refractivity (Wildman–Crippen MR) is 66.1 cm³/mol. The molecule has 0 radical (unpaired) electrons. The summed E-state index contributed by atoms with van der Waals surface area (Å²) in [6.07, 6.45) is 2.37. The van der Waals surface area contributed by atoms with Gasteiger partial charge in [0.25, 0.3) is 0 Å². The number of carboxylic acids is 1. The fourth-order valence-corrected chi connectivity index (χ4v) is 2.63. The fourth-order valence-electron chi connectivity index (χ4n) is 1.39. The second kappa shape index (κ2) is 6.93. The van der Waals surface area contributed by atoms with Crippen molar-refractivity contribution in [3.8, 4) is 0 Å². The van der Waals surface area contributed by atoms with Crippen LogP contribution in [0.5, 0.6) is 0 Å². The topological polar surface area (TPSA) is 96.4 Å². The number of aromatic nitrogens is 1.